The Kier molecular flexibility index (Phi) is 4.88. The Hall–Kier alpha value is -1.86. The monoisotopic (exact) mass is 362 g/mol. The van der Waals surface area contributed by atoms with E-state index in [1.807, 2.05) is 18.4 Å². The molecule has 25 heavy (non-hydrogen) atoms. The van der Waals surface area contributed by atoms with Gasteiger partial charge in [0.15, 0.2) is 5.82 Å². The molecule has 0 amide bonds. The lowest BCUT2D eigenvalue weighted by Crippen LogP contribution is -2.30. The van der Waals surface area contributed by atoms with Crippen LogP contribution in [0.25, 0.3) is 21.9 Å². The first-order valence-corrected chi connectivity index (χ1v) is 9.55. The van der Waals surface area contributed by atoms with Gasteiger partial charge in [-0.05, 0) is 31.2 Å². The van der Waals surface area contributed by atoms with Crippen molar-refractivity contribution >= 4 is 39.5 Å². The number of nitrogens with zero attached hydrogens (tertiary/aromatic N) is 3. The zero-order valence-corrected chi connectivity index (χ0v) is 15.5. The summed E-state index contributed by atoms with van der Waals surface area (Å²) in [6, 6.07) is 4.49. The molecule has 0 bridgehead atoms. The number of fused-ring (bicyclic) bond motifs is 3. The number of anilines is 1. The molecule has 7 heteroatoms. The van der Waals surface area contributed by atoms with Gasteiger partial charge in [-0.15, -0.1) is 0 Å². The average Bonchev–Trinajstić information content (AvgIpc) is 2.91. The molecule has 1 aromatic carbocycles. The lowest BCUT2D eigenvalue weighted by molar-refractivity contribution is 0.0385. The number of aliphatic hydroxyl groups is 1. The van der Waals surface area contributed by atoms with Gasteiger partial charge in [-0.25, -0.2) is 14.4 Å². The second-order valence-electron chi connectivity index (χ2n) is 6.46. The number of rotatable bonds is 6. The summed E-state index contributed by atoms with van der Waals surface area (Å²) in [4.78, 5) is 9.00. The number of pyridine rings is 1. The summed E-state index contributed by atoms with van der Waals surface area (Å²) >= 11 is 1.75. The summed E-state index contributed by atoms with van der Waals surface area (Å²) in [5.74, 6) is 2.46. The Labute approximate surface area is 150 Å². The highest BCUT2D eigenvalue weighted by atomic mass is 32.2. The van der Waals surface area contributed by atoms with Gasteiger partial charge in [-0.2, -0.15) is 11.8 Å². The highest BCUT2D eigenvalue weighted by Gasteiger charge is 2.24. The smallest absolute Gasteiger partial charge is 0.152 e. The van der Waals surface area contributed by atoms with Gasteiger partial charge < -0.3 is 15.4 Å². The Morgan fingerprint density at radius 1 is 1.32 bits per heavy atom. The average molecular weight is 362 g/mol. The molecule has 1 atom stereocenters. The Morgan fingerprint density at radius 3 is 2.76 bits per heavy atom. The van der Waals surface area contributed by atoms with Crippen molar-refractivity contribution in [1.29, 1.82) is 0 Å². The number of halogens is 1. The van der Waals surface area contributed by atoms with E-state index in [-0.39, 0.29) is 11.6 Å². The zero-order chi connectivity index (χ0) is 18.2. The predicted molar refractivity (Wildman–Crippen MR) is 102 cm³/mol. The van der Waals surface area contributed by atoms with Crippen molar-refractivity contribution in [3.63, 3.8) is 0 Å². The molecule has 0 saturated carbocycles. The summed E-state index contributed by atoms with van der Waals surface area (Å²) in [5.41, 5.74) is 7.14. The van der Waals surface area contributed by atoms with Gasteiger partial charge in [-0.1, -0.05) is 13.8 Å². The van der Waals surface area contributed by atoms with E-state index >= 15 is 0 Å². The van der Waals surface area contributed by atoms with Crippen molar-refractivity contribution in [3.05, 3.63) is 29.8 Å². The minimum absolute atomic E-state index is 0.283. The molecule has 0 radical (unpaired) electrons. The SMILES string of the molecule is CCSCc1nc2c(N)nc3cc(F)ccc3c2n1CC(C)(O)CC. The van der Waals surface area contributed by atoms with Crippen LogP contribution in [0.2, 0.25) is 0 Å². The van der Waals surface area contributed by atoms with E-state index in [9.17, 15) is 9.50 Å². The molecule has 5 nitrogen and oxygen atoms in total. The van der Waals surface area contributed by atoms with Crippen molar-refractivity contribution < 1.29 is 9.50 Å². The third-order valence-electron chi connectivity index (χ3n) is 4.44. The molecule has 2 aromatic heterocycles. The molecule has 0 aliphatic rings. The number of thioether (sulfide) groups is 1. The van der Waals surface area contributed by atoms with E-state index in [4.69, 9.17) is 10.7 Å². The van der Waals surface area contributed by atoms with Gasteiger partial charge in [0.1, 0.15) is 17.2 Å². The zero-order valence-electron chi connectivity index (χ0n) is 14.7. The van der Waals surface area contributed by atoms with Crippen molar-refractivity contribution in [2.45, 2.75) is 45.1 Å². The van der Waals surface area contributed by atoms with Crippen LogP contribution in [0.5, 0.6) is 0 Å². The van der Waals surface area contributed by atoms with E-state index in [2.05, 4.69) is 11.9 Å². The first kappa shape index (κ1) is 17.9. The van der Waals surface area contributed by atoms with E-state index in [1.165, 1.54) is 12.1 Å². The summed E-state index contributed by atoms with van der Waals surface area (Å²) < 4.78 is 15.6. The molecule has 0 aliphatic carbocycles. The quantitative estimate of drug-likeness (QED) is 0.699. The van der Waals surface area contributed by atoms with Crippen molar-refractivity contribution in [1.82, 2.24) is 14.5 Å². The maximum atomic E-state index is 13.6. The standard InChI is InChI=1S/C18H23FN4OS/c1-4-18(3,24)10-23-14(9-25-5-2)22-15-16(23)12-7-6-11(19)8-13(12)21-17(15)20/h6-8,24H,4-5,9-10H2,1-3H3,(H2,20,21). The van der Waals surface area contributed by atoms with Gasteiger partial charge in [0.05, 0.1) is 28.9 Å². The minimum atomic E-state index is -0.871. The number of hydrogen-bond donors (Lipinski definition) is 2. The van der Waals surface area contributed by atoms with Gasteiger partial charge in [0.2, 0.25) is 0 Å². The molecule has 3 rings (SSSR count). The Balaban J connectivity index is 2.32. The van der Waals surface area contributed by atoms with Crippen LogP contribution in [0.4, 0.5) is 10.2 Å². The fourth-order valence-corrected chi connectivity index (χ4v) is 3.46. The molecule has 0 saturated heterocycles. The molecule has 0 fully saturated rings. The third kappa shape index (κ3) is 3.43. The van der Waals surface area contributed by atoms with Crippen LogP contribution in [-0.4, -0.2) is 31.0 Å². The molecular formula is C18H23FN4OS. The molecular weight excluding hydrogens is 339 g/mol. The lowest BCUT2D eigenvalue weighted by Gasteiger charge is -2.24. The molecule has 3 N–H and O–H groups in total. The van der Waals surface area contributed by atoms with Crippen LogP contribution >= 0.6 is 11.8 Å². The molecule has 1 unspecified atom stereocenters. The van der Waals surface area contributed by atoms with Gasteiger partial charge in [0, 0.05) is 11.5 Å². The Morgan fingerprint density at radius 2 is 2.08 bits per heavy atom. The van der Waals surface area contributed by atoms with Crippen molar-refractivity contribution in [3.8, 4) is 0 Å². The van der Waals surface area contributed by atoms with Gasteiger partial charge in [-0.3, -0.25) is 0 Å². The van der Waals surface area contributed by atoms with Crippen LogP contribution in [0.3, 0.4) is 0 Å². The fraction of sp³-hybridized carbons (Fsp3) is 0.444. The van der Waals surface area contributed by atoms with E-state index in [1.54, 1.807) is 17.8 Å². The molecule has 2 heterocycles. The van der Waals surface area contributed by atoms with Gasteiger partial charge in [0.25, 0.3) is 0 Å². The van der Waals surface area contributed by atoms with Crippen LogP contribution < -0.4 is 5.73 Å². The van der Waals surface area contributed by atoms with Crippen LogP contribution in [0.1, 0.15) is 33.0 Å². The summed E-state index contributed by atoms with van der Waals surface area (Å²) in [7, 11) is 0. The predicted octanol–water partition coefficient (Wildman–Crippen LogP) is 3.72. The largest absolute Gasteiger partial charge is 0.388 e. The highest BCUT2D eigenvalue weighted by Crippen LogP contribution is 2.31. The van der Waals surface area contributed by atoms with Crippen molar-refractivity contribution in [2.75, 3.05) is 11.5 Å². The maximum absolute atomic E-state index is 13.6. The first-order valence-electron chi connectivity index (χ1n) is 8.40. The number of nitrogen functional groups attached to an aromatic ring is 1. The number of imidazole rings is 1. The van der Waals surface area contributed by atoms with E-state index in [0.717, 1.165) is 22.5 Å². The normalized spacial score (nSPS) is 14.3. The number of benzene rings is 1. The summed E-state index contributed by atoms with van der Waals surface area (Å²) in [6.07, 6.45) is 0.611. The van der Waals surface area contributed by atoms with Crippen LogP contribution in [0, 0.1) is 5.82 Å². The second kappa shape index (κ2) is 6.80. The van der Waals surface area contributed by atoms with Gasteiger partial charge >= 0.3 is 0 Å². The molecule has 134 valence electrons. The minimum Gasteiger partial charge on any atom is -0.388 e. The van der Waals surface area contributed by atoms with E-state index in [0.29, 0.717) is 29.8 Å². The second-order valence-corrected chi connectivity index (χ2v) is 7.73. The molecule has 0 aliphatic heterocycles. The number of nitrogens with two attached hydrogens (primary N) is 1. The number of aromatic nitrogens is 3. The van der Waals surface area contributed by atoms with Crippen LogP contribution in [-0.2, 0) is 12.3 Å². The highest BCUT2D eigenvalue weighted by molar-refractivity contribution is 7.98. The van der Waals surface area contributed by atoms with Crippen LogP contribution in [0.15, 0.2) is 18.2 Å². The summed E-state index contributed by atoms with van der Waals surface area (Å²) in [6.45, 7) is 6.24. The first-order chi connectivity index (χ1) is 11.9. The molecule has 0 spiro atoms. The number of hydrogen-bond acceptors (Lipinski definition) is 5. The fourth-order valence-electron chi connectivity index (χ4n) is 2.86. The third-order valence-corrected chi connectivity index (χ3v) is 5.31. The molecule has 3 aromatic rings. The van der Waals surface area contributed by atoms with E-state index < -0.39 is 5.60 Å². The Bertz CT molecular complexity index is 922. The lowest BCUT2D eigenvalue weighted by atomic mass is 10.0. The topological polar surface area (TPSA) is 77.0 Å². The van der Waals surface area contributed by atoms with Crippen molar-refractivity contribution in [2.24, 2.45) is 0 Å². The maximum Gasteiger partial charge on any atom is 0.152 e. The summed E-state index contributed by atoms with van der Waals surface area (Å²) in [5, 5.41) is 11.4.